The van der Waals surface area contributed by atoms with Gasteiger partial charge in [0.2, 0.25) is 11.8 Å². The summed E-state index contributed by atoms with van der Waals surface area (Å²) < 4.78 is 0. The first kappa shape index (κ1) is 14.0. The third-order valence-electron chi connectivity index (χ3n) is 6.06. The predicted octanol–water partition coefficient (Wildman–Crippen LogP) is 3.54. The van der Waals surface area contributed by atoms with Gasteiger partial charge in [-0.05, 0) is 41.0 Å². The summed E-state index contributed by atoms with van der Waals surface area (Å²) >= 11 is 0. The van der Waals surface area contributed by atoms with Crippen LogP contribution in [0.15, 0.2) is 54.6 Å². The standard InChI is InChI=1S/C21H19NO2/c23-20-18-14-8-9-15(11-10-14)19(18)21(24)22(20)12-16-6-3-5-13-4-1-2-7-17(13)16/h1-9,14-15,18-19H,10-12H2/t14-,15-,18+,19+/m0/s1. The van der Waals surface area contributed by atoms with Gasteiger partial charge in [0.15, 0.2) is 0 Å². The molecule has 0 radical (unpaired) electrons. The van der Waals surface area contributed by atoms with Gasteiger partial charge in [0, 0.05) is 0 Å². The van der Waals surface area contributed by atoms with E-state index in [1.54, 1.807) is 0 Å². The lowest BCUT2D eigenvalue weighted by atomic mass is 9.63. The molecule has 2 bridgehead atoms. The van der Waals surface area contributed by atoms with E-state index in [1.165, 1.54) is 4.90 Å². The zero-order valence-corrected chi connectivity index (χ0v) is 13.4. The Hall–Kier alpha value is -2.42. The Morgan fingerprint density at radius 3 is 2.12 bits per heavy atom. The zero-order valence-electron chi connectivity index (χ0n) is 13.4. The first-order chi connectivity index (χ1) is 11.7. The van der Waals surface area contributed by atoms with Crippen LogP contribution >= 0.6 is 0 Å². The van der Waals surface area contributed by atoms with E-state index < -0.39 is 0 Å². The van der Waals surface area contributed by atoms with Gasteiger partial charge in [-0.2, -0.15) is 0 Å². The summed E-state index contributed by atoms with van der Waals surface area (Å²) in [6.07, 6.45) is 6.43. The first-order valence-electron chi connectivity index (χ1n) is 8.74. The molecule has 1 heterocycles. The van der Waals surface area contributed by atoms with Crippen LogP contribution < -0.4 is 0 Å². The summed E-state index contributed by atoms with van der Waals surface area (Å²) in [5.74, 6) is 0.365. The molecule has 4 aliphatic rings. The maximum atomic E-state index is 13.0. The van der Waals surface area contributed by atoms with E-state index in [-0.39, 0.29) is 35.5 Å². The van der Waals surface area contributed by atoms with Gasteiger partial charge in [0.25, 0.3) is 0 Å². The monoisotopic (exact) mass is 317 g/mol. The minimum atomic E-state index is -0.115. The van der Waals surface area contributed by atoms with Gasteiger partial charge in [-0.25, -0.2) is 0 Å². The number of rotatable bonds is 2. The predicted molar refractivity (Wildman–Crippen MR) is 91.8 cm³/mol. The van der Waals surface area contributed by atoms with E-state index in [0.717, 1.165) is 29.2 Å². The number of imide groups is 1. The average molecular weight is 317 g/mol. The van der Waals surface area contributed by atoms with Gasteiger partial charge in [0.05, 0.1) is 18.4 Å². The molecule has 2 amide bonds. The molecule has 6 rings (SSSR count). The van der Waals surface area contributed by atoms with Crippen molar-refractivity contribution in [1.29, 1.82) is 0 Å². The Morgan fingerprint density at radius 2 is 1.46 bits per heavy atom. The SMILES string of the molecule is O=C1[C@H]2[C@H](C(=O)N1Cc1cccc3ccccc13)[C@H]1C=C[C@H]2CC1. The Morgan fingerprint density at radius 1 is 0.833 bits per heavy atom. The highest BCUT2D eigenvalue weighted by molar-refractivity contribution is 6.06. The molecule has 0 spiro atoms. The van der Waals surface area contributed by atoms with Crippen LogP contribution in [-0.2, 0) is 16.1 Å². The van der Waals surface area contributed by atoms with E-state index in [0.29, 0.717) is 6.54 Å². The molecule has 3 aliphatic carbocycles. The van der Waals surface area contributed by atoms with Crippen molar-refractivity contribution < 1.29 is 9.59 Å². The topological polar surface area (TPSA) is 37.4 Å². The molecule has 3 heteroatoms. The number of carbonyl (C=O) groups excluding carboxylic acids is 2. The molecular formula is C21H19NO2. The third-order valence-corrected chi connectivity index (χ3v) is 6.06. The second-order valence-corrected chi connectivity index (χ2v) is 7.24. The fraction of sp³-hybridized carbons (Fsp3) is 0.333. The Labute approximate surface area is 141 Å². The fourth-order valence-corrected chi connectivity index (χ4v) is 4.89. The van der Waals surface area contributed by atoms with E-state index in [9.17, 15) is 9.59 Å². The summed E-state index contributed by atoms with van der Waals surface area (Å²) in [6.45, 7) is 0.394. The number of hydrogen-bond acceptors (Lipinski definition) is 2. The van der Waals surface area contributed by atoms with E-state index >= 15 is 0 Å². The van der Waals surface area contributed by atoms with Crippen LogP contribution in [-0.4, -0.2) is 16.7 Å². The number of nitrogens with zero attached hydrogens (tertiary/aromatic N) is 1. The lowest BCUT2D eigenvalue weighted by Crippen LogP contribution is -2.38. The minimum Gasteiger partial charge on any atom is -0.278 e. The van der Waals surface area contributed by atoms with Crippen molar-refractivity contribution in [3.05, 3.63) is 60.2 Å². The van der Waals surface area contributed by atoms with E-state index in [1.807, 2.05) is 24.3 Å². The molecule has 1 saturated heterocycles. The second kappa shape index (κ2) is 5.04. The van der Waals surface area contributed by atoms with Crippen molar-refractivity contribution in [3.63, 3.8) is 0 Å². The van der Waals surface area contributed by atoms with Gasteiger partial charge in [-0.15, -0.1) is 0 Å². The lowest BCUT2D eigenvalue weighted by Gasteiger charge is -2.38. The first-order valence-corrected chi connectivity index (χ1v) is 8.74. The van der Waals surface area contributed by atoms with Crippen molar-refractivity contribution in [2.45, 2.75) is 19.4 Å². The van der Waals surface area contributed by atoms with Crippen LogP contribution in [0.1, 0.15) is 18.4 Å². The number of amides is 2. The molecule has 0 aromatic heterocycles. The normalized spacial score (nSPS) is 31.1. The number of fused-ring (bicyclic) bond motifs is 2. The molecule has 2 fully saturated rings. The maximum Gasteiger partial charge on any atom is 0.234 e. The van der Waals surface area contributed by atoms with Gasteiger partial charge in [-0.3, -0.25) is 14.5 Å². The zero-order chi connectivity index (χ0) is 16.3. The summed E-state index contributed by atoms with van der Waals surface area (Å²) in [5.41, 5.74) is 1.05. The molecule has 1 aliphatic heterocycles. The van der Waals surface area contributed by atoms with Crippen molar-refractivity contribution in [3.8, 4) is 0 Å². The van der Waals surface area contributed by atoms with Crippen molar-refractivity contribution >= 4 is 22.6 Å². The van der Waals surface area contributed by atoms with Crippen LogP contribution in [0, 0.1) is 23.7 Å². The van der Waals surface area contributed by atoms with Crippen molar-refractivity contribution in [2.75, 3.05) is 0 Å². The Bertz CT molecular complexity index is 847. The third kappa shape index (κ3) is 1.84. The molecule has 2 aromatic rings. The fourth-order valence-electron chi connectivity index (χ4n) is 4.89. The molecule has 3 nitrogen and oxygen atoms in total. The molecule has 0 unspecified atom stereocenters. The van der Waals surface area contributed by atoms with Crippen LogP contribution in [0.4, 0.5) is 0 Å². The van der Waals surface area contributed by atoms with Gasteiger partial charge < -0.3 is 0 Å². The quantitative estimate of drug-likeness (QED) is 0.627. The largest absolute Gasteiger partial charge is 0.278 e. The van der Waals surface area contributed by atoms with Gasteiger partial charge in [0.1, 0.15) is 0 Å². The highest BCUT2D eigenvalue weighted by Gasteiger charge is 2.56. The number of hydrogen-bond donors (Lipinski definition) is 0. The summed E-state index contributed by atoms with van der Waals surface area (Å²) in [5, 5.41) is 2.27. The molecule has 4 atom stereocenters. The maximum absolute atomic E-state index is 13.0. The van der Waals surface area contributed by atoms with Gasteiger partial charge >= 0.3 is 0 Å². The van der Waals surface area contributed by atoms with Crippen LogP contribution in [0.2, 0.25) is 0 Å². The lowest BCUT2D eigenvalue weighted by molar-refractivity contribution is -0.140. The van der Waals surface area contributed by atoms with Crippen LogP contribution in [0.3, 0.4) is 0 Å². The summed E-state index contributed by atoms with van der Waals surface area (Å²) in [6, 6.07) is 14.2. The van der Waals surface area contributed by atoms with Crippen molar-refractivity contribution in [2.24, 2.45) is 23.7 Å². The van der Waals surface area contributed by atoms with E-state index in [2.05, 4.69) is 30.4 Å². The molecular weight excluding hydrogens is 298 g/mol. The number of likely N-dealkylation sites (tertiary alicyclic amines) is 1. The molecule has 24 heavy (non-hydrogen) atoms. The molecule has 2 aromatic carbocycles. The van der Waals surface area contributed by atoms with Crippen LogP contribution in [0.25, 0.3) is 10.8 Å². The van der Waals surface area contributed by atoms with E-state index in [4.69, 9.17) is 0 Å². The highest BCUT2D eigenvalue weighted by atomic mass is 16.2. The van der Waals surface area contributed by atoms with Gasteiger partial charge in [-0.1, -0.05) is 54.6 Å². The molecule has 0 N–H and O–H groups in total. The Kier molecular flexibility index (Phi) is 2.93. The average Bonchev–Trinajstić information content (AvgIpc) is 2.90. The summed E-state index contributed by atoms with van der Waals surface area (Å²) in [4.78, 5) is 27.4. The highest BCUT2D eigenvalue weighted by Crippen LogP contribution is 2.49. The Balaban J connectivity index is 1.52. The smallest absolute Gasteiger partial charge is 0.234 e. The van der Waals surface area contributed by atoms with Crippen LogP contribution in [0.5, 0.6) is 0 Å². The van der Waals surface area contributed by atoms with Crippen molar-refractivity contribution in [1.82, 2.24) is 4.90 Å². The second-order valence-electron chi connectivity index (χ2n) is 7.24. The number of allylic oxidation sites excluding steroid dienone is 2. The number of benzene rings is 2. The number of carbonyl (C=O) groups is 2. The molecule has 120 valence electrons. The summed E-state index contributed by atoms with van der Waals surface area (Å²) in [7, 11) is 0. The minimum absolute atomic E-state index is 0.0389. The molecule has 1 saturated carbocycles.